The Morgan fingerprint density at radius 2 is 1.93 bits per heavy atom. The number of phenols is 1. The highest BCUT2D eigenvalue weighted by atomic mass is 19.1. The first kappa shape index (κ1) is 35.3. The molecule has 1 atom stereocenters. The number of aromatic nitrogens is 2. The number of benzene rings is 2. The first-order valence-electron chi connectivity index (χ1n) is 15.3. The molecule has 2 heterocycles. The number of aliphatic imine (C=N–C) groups is 1. The highest BCUT2D eigenvalue weighted by Crippen LogP contribution is 2.37. The minimum atomic E-state index is -0.560. The molecular weight excluding hydrogens is 573 g/mol. The van der Waals surface area contributed by atoms with E-state index in [0.717, 1.165) is 38.2 Å². The molecule has 7 N–H and O–H groups in total. The highest BCUT2D eigenvalue weighted by molar-refractivity contribution is 5.96. The molecule has 246 valence electrons. The van der Waals surface area contributed by atoms with Crippen LogP contribution in [0.25, 0.3) is 10.9 Å². The number of nitrogens with two attached hydrogens (primary N) is 2. The van der Waals surface area contributed by atoms with Crippen LogP contribution >= 0.6 is 0 Å². The Morgan fingerprint density at radius 3 is 2.56 bits per heavy atom. The van der Waals surface area contributed by atoms with Gasteiger partial charge in [0.1, 0.15) is 11.6 Å². The Labute approximate surface area is 265 Å². The molecule has 5 rings (SSSR count). The first-order chi connectivity index (χ1) is 21.0. The third kappa shape index (κ3) is 9.40. The zero-order valence-corrected chi connectivity index (χ0v) is 26.2. The molecule has 2 aromatic carbocycles. The van der Waals surface area contributed by atoms with Gasteiger partial charge in [0.25, 0.3) is 5.56 Å². The van der Waals surface area contributed by atoms with Gasteiger partial charge in [-0.25, -0.2) is 14.4 Å². The highest BCUT2D eigenvalue weighted by Gasteiger charge is 2.25. The number of nitrogens with one attached hydrogen (secondary N) is 2. The average molecular weight is 624 g/mol. The van der Waals surface area contributed by atoms with Gasteiger partial charge >= 0.3 is 0 Å². The standard InChI is InChI=1S/C23H28FN9O2.C9H18.CH4/c1-27-31-20(25)21-30-19-12-15(29-23(26)32-10-7-28-8-11-32)3-5-17(19)22(35)33(21)9-6-14-2-4-16(34)13-18(14)24;1-8-5-4-6-9(2,3)7-8;/h2-5,12-13,27-28,34H,6-11H2,1H3,(H2,25,31)(H2,26,29);8H,4-7H2,1-3H3;1H4. The van der Waals surface area contributed by atoms with E-state index in [2.05, 4.69) is 46.6 Å². The lowest BCUT2D eigenvalue weighted by atomic mass is 9.73. The van der Waals surface area contributed by atoms with Crippen LogP contribution in [0.15, 0.2) is 51.3 Å². The number of rotatable bonds is 6. The number of amidine groups is 1. The minimum Gasteiger partial charge on any atom is -0.508 e. The second-order valence-corrected chi connectivity index (χ2v) is 12.4. The molecule has 0 bridgehead atoms. The first-order valence-corrected chi connectivity index (χ1v) is 15.3. The van der Waals surface area contributed by atoms with Crippen LogP contribution in [-0.2, 0) is 13.0 Å². The smallest absolute Gasteiger partial charge is 0.261 e. The maximum absolute atomic E-state index is 14.2. The largest absolute Gasteiger partial charge is 0.508 e. The molecule has 2 aliphatic rings. The van der Waals surface area contributed by atoms with E-state index in [9.17, 15) is 14.3 Å². The summed E-state index contributed by atoms with van der Waals surface area (Å²) < 4.78 is 15.6. The number of hydrogen-bond donors (Lipinski definition) is 5. The molecule has 3 aromatic rings. The van der Waals surface area contributed by atoms with Gasteiger partial charge in [-0.3, -0.25) is 9.36 Å². The van der Waals surface area contributed by atoms with Gasteiger partial charge in [-0.15, -0.1) is 0 Å². The van der Waals surface area contributed by atoms with Gasteiger partial charge in [-0.1, -0.05) is 47.1 Å². The summed E-state index contributed by atoms with van der Waals surface area (Å²) in [6, 6.07) is 8.92. The van der Waals surface area contributed by atoms with E-state index in [-0.39, 0.29) is 43.4 Å². The van der Waals surface area contributed by atoms with E-state index in [4.69, 9.17) is 11.5 Å². The molecule has 0 radical (unpaired) electrons. The molecule has 11 nitrogen and oxygen atoms in total. The van der Waals surface area contributed by atoms with Crippen LogP contribution in [0, 0.1) is 17.2 Å². The Hall–Kier alpha value is -4.19. The van der Waals surface area contributed by atoms with Gasteiger partial charge in [0.15, 0.2) is 17.6 Å². The third-order valence-corrected chi connectivity index (χ3v) is 8.18. The van der Waals surface area contributed by atoms with Gasteiger partial charge in [0, 0.05) is 45.8 Å². The number of piperazine rings is 1. The van der Waals surface area contributed by atoms with E-state index >= 15 is 0 Å². The van der Waals surface area contributed by atoms with Crippen molar-refractivity contribution in [3.05, 3.63) is 64.0 Å². The van der Waals surface area contributed by atoms with Crippen molar-refractivity contribution in [2.24, 2.45) is 32.9 Å². The number of aryl methyl sites for hydroxylation is 1. The van der Waals surface area contributed by atoms with E-state index in [1.54, 1.807) is 25.2 Å². The summed E-state index contributed by atoms with van der Waals surface area (Å²) in [5.74, 6) is 0.798. The Balaban J connectivity index is 0.000000476. The third-order valence-electron chi connectivity index (χ3n) is 8.18. The molecule has 2 fully saturated rings. The summed E-state index contributed by atoms with van der Waals surface area (Å²) in [6.45, 7) is 10.4. The van der Waals surface area contributed by atoms with Crippen LogP contribution in [0.1, 0.15) is 65.3 Å². The van der Waals surface area contributed by atoms with Gasteiger partial charge in [-0.05, 0) is 60.4 Å². The normalized spacial score (nSPS) is 18.5. The van der Waals surface area contributed by atoms with Crippen LogP contribution in [-0.4, -0.2) is 64.6 Å². The van der Waals surface area contributed by atoms with Crippen molar-refractivity contribution in [1.82, 2.24) is 25.2 Å². The topological polar surface area (TPSA) is 159 Å². The fraction of sp³-hybridized carbons (Fsp3) is 0.515. The van der Waals surface area contributed by atoms with E-state index < -0.39 is 5.82 Å². The van der Waals surface area contributed by atoms with Crippen molar-refractivity contribution in [3.8, 4) is 5.75 Å². The van der Waals surface area contributed by atoms with Crippen molar-refractivity contribution in [2.45, 2.75) is 66.8 Å². The maximum Gasteiger partial charge on any atom is 0.261 e. The number of hydrogen-bond acceptors (Lipinski definition) is 7. The molecule has 1 aliphatic heterocycles. The molecule has 45 heavy (non-hydrogen) atoms. The van der Waals surface area contributed by atoms with Crippen molar-refractivity contribution < 1.29 is 9.50 Å². The molecular formula is C33H50FN9O2. The van der Waals surface area contributed by atoms with Crippen molar-refractivity contribution in [2.75, 3.05) is 33.2 Å². The van der Waals surface area contributed by atoms with E-state index in [1.165, 1.54) is 42.4 Å². The summed E-state index contributed by atoms with van der Waals surface area (Å²) in [6.07, 6.45) is 5.98. The quantitative estimate of drug-likeness (QED) is 0.156. The van der Waals surface area contributed by atoms with Crippen molar-refractivity contribution in [3.63, 3.8) is 0 Å². The average Bonchev–Trinajstić information content (AvgIpc) is 2.97. The summed E-state index contributed by atoms with van der Waals surface area (Å²) >= 11 is 0. The molecule has 0 amide bonds. The Bertz CT molecular complexity index is 1560. The molecule has 12 heteroatoms. The second-order valence-electron chi connectivity index (χ2n) is 12.4. The van der Waals surface area contributed by atoms with Crippen molar-refractivity contribution in [1.29, 1.82) is 0 Å². The van der Waals surface area contributed by atoms with Crippen LogP contribution in [0.5, 0.6) is 5.75 Å². The van der Waals surface area contributed by atoms with Gasteiger partial charge in [-0.2, -0.15) is 5.10 Å². The number of nitrogens with zero attached hydrogens (tertiary/aromatic N) is 5. The van der Waals surface area contributed by atoms with Gasteiger partial charge in [0.2, 0.25) is 0 Å². The summed E-state index contributed by atoms with van der Waals surface area (Å²) in [5.41, 5.74) is 16.5. The maximum atomic E-state index is 14.2. The van der Waals surface area contributed by atoms with Gasteiger partial charge < -0.3 is 32.2 Å². The summed E-state index contributed by atoms with van der Waals surface area (Å²) in [4.78, 5) is 24.4. The molecule has 1 aromatic heterocycles. The number of guanidine groups is 1. The molecule has 1 saturated heterocycles. The van der Waals surface area contributed by atoms with Gasteiger partial charge in [0.05, 0.1) is 16.6 Å². The number of fused-ring (bicyclic) bond motifs is 1. The van der Waals surface area contributed by atoms with E-state index in [1.807, 2.05) is 4.90 Å². The van der Waals surface area contributed by atoms with E-state index in [0.29, 0.717) is 33.5 Å². The molecule has 1 saturated carbocycles. The second kappa shape index (κ2) is 15.7. The van der Waals surface area contributed by atoms with Crippen molar-refractivity contribution >= 4 is 28.4 Å². The van der Waals surface area contributed by atoms with Crippen LogP contribution in [0.3, 0.4) is 0 Å². The molecule has 0 spiro atoms. The summed E-state index contributed by atoms with van der Waals surface area (Å²) in [7, 11) is 1.58. The SMILES string of the molecule is C.CC1CCCC(C)(C)C1.CN/N=C(\N)c1nc2cc(N=C(N)N3CCNCC3)ccc2c(=O)n1CCc1ccc(O)cc1F. The van der Waals surface area contributed by atoms with Crippen LogP contribution in [0.2, 0.25) is 0 Å². The lowest BCUT2D eigenvalue weighted by Crippen LogP contribution is -2.49. The monoisotopic (exact) mass is 623 g/mol. The van der Waals surface area contributed by atoms with Crippen LogP contribution in [0.4, 0.5) is 10.1 Å². The fourth-order valence-electron chi connectivity index (χ4n) is 6.00. The lowest BCUT2D eigenvalue weighted by molar-refractivity contribution is 0.191. The summed E-state index contributed by atoms with van der Waals surface area (Å²) in [5, 5.41) is 17.0. The number of halogens is 1. The Morgan fingerprint density at radius 1 is 1.20 bits per heavy atom. The zero-order chi connectivity index (χ0) is 31.9. The molecule has 1 aliphatic carbocycles. The number of aromatic hydroxyl groups is 1. The lowest BCUT2D eigenvalue weighted by Gasteiger charge is -2.33. The number of phenolic OH excluding ortho intramolecular Hbond substituents is 1. The number of hydrazone groups is 1. The minimum absolute atomic E-state index is 0. The fourth-order valence-corrected chi connectivity index (χ4v) is 6.00. The molecule has 1 unspecified atom stereocenters. The zero-order valence-electron chi connectivity index (χ0n) is 26.2. The predicted octanol–water partition coefficient (Wildman–Crippen LogP) is 4.03. The van der Waals surface area contributed by atoms with Crippen LogP contribution < -0.4 is 27.8 Å². The Kier molecular flexibility index (Phi) is 12.3. The predicted molar refractivity (Wildman–Crippen MR) is 181 cm³/mol.